The summed E-state index contributed by atoms with van der Waals surface area (Å²) in [5, 5.41) is 14.3. The van der Waals surface area contributed by atoms with Gasteiger partial charge in [0, 0.05) is 11.3 Å². The molecule has 1 aromatic heterocycles. The lowest BCUT2D eigenvalue weighted by molar-refractivity contribution is -0.140. The van der Waals surface area contributed by atoms with E-state index in [0.717, 1.165) is 5.56 Å². The molecule has 0 aliphatic rings. The van der Waals surface area contributed by atoms with E-state index in [1.807, 2.05) is 0 Å². The highest BCUT2D eigenvalue weighted by atomic mass is 16.4. The van der Waals surface area contributed by atoms with E-state index in [0.29, 0.717) is 5.69 Å². The van der Waals surface area contributed by atoms with Gasteiger partial charge in [-0.05, 0) is 42.7 Å². The number of carboxylic acids is 1. The van der Waals surface area contributed by atoms with Crippen molar-refractivity contribution in [3.63, 3.8) is 0 Å². The minimum absolute atomic E-state index is 0.153. The van der Waals surface area contributed by atoms with Gasteiger partial charge in [-0.15, -0.1) is 0 Å². The van der Waals surface area contributed by atoms with Gasteiger partial charge in [-0.3, -0.25) is 9.59 Å². The second-order valence-electron chi connectivity index (χ2n) is 5.99. The maximum Gasteiger partial charge on any atom is 0.326 e. The van der Waals surface area contributed by atoms with Gasteiger partial charge in [-0.2, -0.15) is 0 Å². The number of aliphatic carboxylic acids is 1. The molecule has 2 aromatic rings. The van der Waals surface area contributed by atoms with Crippen LogP contribution in [0.1, 0.15) is 40.3 Å². The van der Waals surface area contributed by atoms with Crippen molar-refractivity contribution in [2.75, 3.05) is 5.32 Å². The first kappa shape index (κ1) is 18.3. The van der Waals surface area contributed by atoms with Crippen molar-refractivity contribution in [3.8, 4) is 0 Å². The molecule has 25 heavy (non-hydrogen) atoms. The molecule has 2 amide bonds. The highest BCUT2D eigenvalue weighted by Crippen LogP contribution is 2.18. The summed E-state index contributed by atoms with van der Waals surface area (Å²) < 4.78 is 5.03. The Morgan fingerprint density at radius 2 is 1.84 bits per heavy atom. The van der Waals surface area contributed by atoms with Crippen LogP contribution in [-0.4, -0.2) is 28.9 Å². The monoisotopic (exact) mass is 344 g/mol. The lowest BCUT2D eigenvalue weighted by atomic mass is 10.0. The van der Waals surface area contributed by atoms with Crippen molar-refractivity contribution in [3.05, 3.63) is 53.5 Å². The molecule has 2 rings (SSSR count). The molecule has 7 nitrogen and oxygen atoms in total. The highest BCUT2D eigenvalue weighted by Gasteiger charge is 2.24. The van der Waals surface area contributed by atoms with Crippen molar-refractivity contribution in [1.29, 1.82) is 0 Å². The third-order valence-electron chi connectivity index (χ3n) is 3.71. The van der Waals surface area contributed by atoms with Crippen molar-refractivity contribution in [2.45, 2.75) is 26.8 Å². The SMILES string of the molecule is Cc1ccc(C(=O)N[C@@H](C(=O)O)C(C)C)cc1NC(=O)c1ccco1. The summed E-state index contributed by atoms with van der Waals surface area (Å²) >= 11 is 0. The van der Waals surface area contributed by atoms with Crippen molar-refractivity contribution in [1.82, 2.24) is 5.32 Å². The number of hydrogen-bond acceptors (Lipinski definition) is 4. The number of aryl methyl sites for hydroxylation is 1. The van der Waals surface area contributed by atoms with Crippen molar-refractivity contribution < 1.29 is 23.9 Å². The molecule has 0 unspecified atom stereocenters. The molecule has 3 N–H and O–H groups in total. The van der Waals surface area contributed by atoms with Gasteiger partial charge in [0.25, 0.3) is 11.8 Å². The van der Waals surface area contributed by atoms with Crippen LogP contribution in [0, 0.1) is 12.8 Å². The molecule has 0 aliphatic carbocycles. The smallest absolute Gasteiger partial charge is 0.326 e. The number of rotatable bonds is 6. The van der Waals surface area contributed by atoms with Crippen LogP contribution in [0.5, 0.6) is 0 Å². The molecule has 0 fully saturated rings. The van der Waals surface area contributed by atoms with E-state index in [4.69, 9.17) is 4.42 Å². The molecule has 0 saturated heterocycles. The third-order valence-corrected chi connectivity index (χ3v) is 3.71. The van der Waals surface area contributed by atoms with E-state index in [-0.39, 0.29) is 17.2 Å². The molecule has 0 aliphatic heterocycles. The zero-order chi connectivity index (χ0) is 18.6. The molecular weight excluding hydrogens is 324 g/mol. The Labute approximate surface area is 145 Å². The molecule has 132 valence electrons. The van der Waals surface area contributed by atoms with Gasteiger partial charge < -0.3 is 20.2 Å². The first-order valence-corrected chi connectivity index (χ1v) is 7.78. The number of furan rings is 1. The van der Waals surface area contributed by atoms with Gasteiger partial charge in [0.15, 0.2) is 5.76 Å². The predicted octanol–water partition coefficient (Wildman–Crippen LogP) is 2.68. The molecule has 0 saturated carbocycles. The Kier molecular flexibility index (Phi) is 5.59. The van der Waals surface area contributed by atoms with Gasteiger partial charge in [0.1, 0.15) is 6.04 Å². The van der Waals surface area contributed by atoms with Gasteiger partial charge in [0.05, 0.1) is 6.26 Å². The number of anilines is 1. The van der Waals surface area contributed by atoms with Crippen LogP contribution in [0.4, 0.5) is 5.69 Å². The molecule has 1 atom stereocenters. The quantitative estimate of drug-likeness (QED) is 0.746. The van der Waals surface area contributed by atoms with Crippen LogP contribution < -0.4 is 10.6 Å². The third kappa shape index (κ3) is 4.47. The topological polar surface area (TPSA) is 109 Å². The van der Waals surface area contributed by atoms with Gasteiger partial charge >= 0.3 is 5.97 Å². The molecule has 1 heterocycles. The molecule has 7 heteroatoms. The number of hydrogen-bond donors (Lipinski definition) is 3. The lowest BCUT2D eigenvalue weighted by Gasteiger charge is -2.18. The van der Waals surface area contributed by atoms with Crippen molar-refractivity contribution in [2.24, 2.45) is 5.92 Å². The zero-order valence-corrected chi connectivity index (χ0v) is 14.2. The zero-order valence-electron chi connectivity index (χ0n) is 14.2. The van der Waals surface area contributed by atoms with E-state index in [1.165, 1.54) is 18.4 Å². The average Bonchev–Trinajstić information content (AvgIpc) is 3.08. The molecule has 1 aromatic carbocycles. The van der Waals surface area contributed by atoms with E-state index >= 15 is 0 Å². The summed E-state index contributed by atoms with van der Waals surface area (Å²) in [6.45, 7) is 5.21. The van der Waals surface area contributed by atoms with Crippen LogP contribution in [0.15, 0.2) is 41.0 Å². The first-order chi connectivity index (χ1) is 11.8. The summed E-state index contributed by atoms with van der Waals surface area (Å²) in [5.41, 5.74) is 1.47. The number of benzene rings is 1. The Morgan fingerprint density at radius 1 is 1.12 bits per heavy atom. The van der Waals surface area contributed by atoms with Crippen LogP contribution in [0.25, 0.3) is 0 Å². The summed E-state index contributed by atoms with van der Waals surface area (Å²) in [6.07, 6.45) is 1.39. The number of carbonyl (C=O) groups excluding carboxylic acids is 2. The molecule has 0 bridgehead atoms. The number of carboxylic acid groups (broad SMARTS) is 1. The van der Waals surface area contributed by atoms with Crippen LogP contribution in [-0.2, 0) is 4.79 Å². The second-order valence-corrected chi connectivity index (χ2v) is 5.99. The first-order valence-electron chi connectivity index (χ1n) is 7.78. The standard InChI is InChI=1S/C18H20N2O5/c1-10(2)15(18(23)24)20-16(21)12-7-6-11(3)13(9-12)19-17(22)14-5-4-8-25-14/h4-10,15H,1-3H3,(H,19,22)(H,20,21)(H,23,24)/t15-/m1/s1. The number of nitrogens with one attached hydrogen (secondary N) is 2. The number of carbonyl (C=O) groups is 3. The maximum atomic E-state index is 12.3. The maximum absolute atomic E-state index is 12.3. The predicted molar refractivity (Wildman–Crippen MR) is 91.6 cm³/mol. The Hall–Kier alpha value is -3.09. The summed E-state index contributed by atoms with van der Waals surface area (Å²) in [7, 11) is 0. The second kappa shape index (κ2) is 7.65. The Morgan fingerprint density at radius 3 is 2.40 bits per heavy atom. The Balaban J connectivity index is 2.18. The molecular formula is C18H20N2O5. The van der Waals surface area contributed by atoms with E-state index in [1.54, 1.807) is 39.0 Å². The van der Waals surface area contributed by atoms with Crippen molar-refractivity contribution >= 4 is 23.5 Å². The molecule has 0 spiro atoms. The largest absolute Gasteiger partial charge is 0.480 e. The minimum Gasteiger partial charge on any atom is -0.480 e. The summed E-state index contributed by atoms with van der Waals surface area (Å²) in [4.78, 5) is 35.6. The van der Waals surface area contributed by atoms with Gasteiger partial charge in [-0.25, -0.2) is 4.79 Å². The fourth-order valence-electron chi connectivity index (χ4n) is 2.23. The van der Waals surface area contributed by atoms with Crippen LogP contribution >= 0.6 is 0 Å². The highest BCUT2D eigenvalue weighted by molar-refractivity contribution is 6.04. The minimum atomic E-state index is -1.10. The van der Waals surface area contributed by atoms with E-state index in [2.05, 4.69) is 10.6 Å². The van der Waals surface area contributed by atoms with E-state index < -0.39 is 23.8 Å². The Bertz CT molecular complexity index is 781. The van der Waals surface area contributed by atoms with Gasteiger partial charge in [0.2, 0.25) is 0 Å². The number of amides is 2. The molecule has 0 radical (unpaired) electrons. The fourth-order valence-corrected chi connectivity index (χ4v) is 2.23. The lowest BCUT2D eigenvalue weighted by Crippen LogP contribution is -2.44. The summed E-state index contributed by atoms with van der Waals surface area (Å²) in [5.74, 6) is -2.15. The van der Waals surface area contributed by atoms with E-state index in [9.17, 15) is 19.5 Å². The normalized spacial score (nSPS) is 11.8. The fraction of sp³-hybridized carbons (Fsp3) is 0.278. The van der Waals surface area contributed by atoms with Crippen LogP contribution in [0.2, 0.25) is 0 Å². The van der Waals surface area contributed by atoms with Crippen LogP contribution in [0.3, 0.4) is 0 Å². The van der Waals surface area contributed by atoms with Gasteiger partial charge in [-0.1, -0.05) is 19.9 Å². The summed E-state index contributed by atoms with van der Waals surface area (Å²) in [6, 6.07) is 6.90. The average molecular weight is 344 g/mol.